The van der Waals surface area contributed by atoms with E-state index in [9.17, 15) is 9.50 Å². The van der Waals surface area contributed by atoms with E-state index in [-0.39, 0.29) is 12.4 Å². The fourth-order valence-corrected chi connectivity index (χ4v) is 3.28. The van der Waals surface area contributed by atoms with Crippen molar-refractivity contribution in [3.63, 3.8) is 0 Å². The lowest BCUT2D eigenvalue weighted by atomic mass is 9.99. The van der Waals surface area contributed by atoms with Gasteiger partial charge in [-0.15, -0.1) is 0 Å². The molecular weight excluding hydrogens is 269 g/mol. The zero-order chi connectivity index (χ0) is 14.8. The van der Waals surface area contributed by atoms with Crippen LogP contribution in [0, 0.1) is 11.7 Å². The second-order valence-electron chi connectivity index (χ2n) is 5.81. The Kier molecular flexibility index (Phi) is 4.22. The molecule has 5 heteroatoms. The zero-order valence-corrected chi connectivity index (χ0v) is 12.4. The second kappa shape index (κ2) is 6.12. The predicted molar refractivity (Wildman–Crippen MR) is 80.5 cm³/mol. The third kappa shape index (κ3) is 2.80. The quantitative estimate of drug-likeness (QED) is 0.940. The van der Waals surface area contributed by atoms with Gasteiger partial charge in [-0.1, -0.05) is 6.07 Å². The van der Waals surface area contributed by atoms with Crippen molar-refractivity contribution in [3.05, 3.63) is 29.8 Å². The molecule has 1 unspecified atom stereocenters. The highest BCUT2D eigenvalue weighted by Gasteiger charge is 2.21. The van der Waals surface area contributed by atoms with Gasteiger partial charge >= 0.3 is 0 Å². The number of benzene rings is 1. The van der Waals surface area contributed by atoms with Gasteiger partial charge in [-0.2, -0.15) is 0 Å². The number of imidazole rings is 1. The molecule has 0 aliphatic carbocycles. The third-order valence-electron chi connectivity index (χ3n) is 4.35. The van der Waals surface area contributed by atoms with Crippen molar-refractivity contribution in [1.82, 2.24) is 14.5 Å². The van der Waals surface area contributed by atoms with Crippen LogP contribution in [-0.4, -0.2) is 39.3 Å². The van der Waals surface area contributed by atoms with Gasteiger partial charge in [0.1, 0.15) is 11.3 Å². The van der Waals surface area contributed by atoms with Gasteiger partial charge < -0.3 is 9.67 Å². The molecule has 1 atom stereocenters. The number of halogens is 1. The monoisotopic (exact) mass is 291 g/mol. The number of aliphatic hydroxyl groups excluding tert-OH is 1. The summed E-state index contributed by atoms with van der Waals surface area (Å²) < 4.78 is 16.0. The average Bonchev–Trinajstić information content (AvgIpc) is 2.86. The number of nitrogens with zero attached hydrogens (tertiary/aromatic N) is 3. The summed E-state index contributed by atoms with van der Waals surface area (Å²) in [5, 5.41) is 9.33. The van der Waals surface area contributed by atoms with E-state index < -0.39 is 0 Å². The molecule has 4 nitrogen and oxygen atoms in total. The molecule has 0 radical (unpaired) electrons. The highest BCUT2D eigenvalue weighted by Crippen LogP contribution is 2.22. The van der Waals surface area contributed by atoms with Crippen LogP contribution in [0.1, 0.15) is 25.6 Å². The molecule has 0 amide bonds. The molecule has 2 heterocycles. The van der Waals surface area contributed by atoms with Crippen molar-refractivity contribution in [2.24, 2.45) is 5.92 Å². The molecule has 1 saturated heterocycles. The molecule has 0 saturated carbocycles. The third-order valence-corrected chi connectivity index (χ3v) is 4.35. The summed E-state index contributed by atoms with van der Waals surface area (Å²) in [6.07, 6.45) is 2.19. The lowest BCUT2D eigenvalue weighted by Gasteiger charge is -2.31. The number of hydrogen-bond donors (Lipinski definition) is 1. The number of fused-ring (bicyclic) bond motifs is 1. The normalized spacial score (nSPS) is 20.2. The van der Waals surface area contributed by atoms with E-state index in [2.05, 4.69) is 21.4 Å². The molecule has 1 aromatic heterocycles. The Morgan fingerprint density at radius 3 is 3.05 bits per heavy atom. The molecule has 1 aliphatic rings. The number of para-hydroxylation sites is 1. The summed E-state index contributed by atoms with van der Waals surface area (Å²) in [5.41, 5.74) is 1.33. The van der Waals surface area contributed by atoms with Gasteiger partial charge in [0.05, 0.1) is 12.1 Å². The van der Waals surface area contributed by atoms with Crippen molar-refractivity contribution < 1.29 is 9.50 Å². The second-order valence-corrected chi connectivity index (χ2v) is 5.81. The molecule has 114 valence electrons. The SMILES string of the molecule is CCn1c(CN2CCCC(CO)C2)nc2c(F)cccc21. The van der Waals surface area contributed by atoms with Gasteiger partial charge in [0, 0.05) is 19.7 Å². The van der Waals surface area contributed by atoms with E-state index in [0.29, 0.717) is 11.4 Å². The first-order valence-corrected chi connectivity index (χ1v) is 7.69. The summed E-state index contributed by atoms with van der Waals surface area (Å²) in [5.74, 6) is 1.01. The smallest absolute Gasteiger partial charge is 0.151 e. The van der Waals surface area contributed by atoms with Crippen molar-refractivity contribution in [1.29, 1.82) is 0 Å². The van der Waals surface area contributed by atoms with Gasteiger partial charge in [-0.25, -0.2) is 9.37 Å². The first-order valence-electron chi connectivity index (χ1n) is 7.69. The molecule has 0 spiro atoms. The lowest BCUT2D eigenvalue weighted by Crippen LogP contribution is -2.36. The van der Waals surface area contributed by atoms with Crippen LogP contribution in [0.15, 0.2) is 18.2 Å². The molecule has 1 aromatic carbocycles. The number of aliphatic hydroxyl groups is 1. The van der Waals surface area contributed by atoms with E-state index in [0.717, 1.165) is 50.4 Å². The predicted octanol–water partition coefficient (Wildman–Crippen LogP) is 2.40. The van der Waals surface area contributed by atoms with Crippen LogP contribution in [0.3, 0.4) is 0 Å². The lowest BCUT2D eigenvalue weighted by molar-refractivity contribution is 0.113. The summed E-state index contributed by atoms with van der Waals surface area (Å²) in [6, 6.07) is 5.12. The first kappa shape index (κ1) is 14.5. The number of rotatable bonds is 4. The molecule has 3 rings (SSSR count). The van der Waals surface area contributed by atoms with Crippen LogP contribution in [-0.2, 0) is 13.1 Å². The summed E-state index contributed by atoms with van der Waals surface area (Å²) in [6.45, 7) is 5.72. The average molecular weight is 291 g/mol. The van der Waals surface area contributed by atoms with Crippen molar-refractivity contribution in [3.8, 4) is 0 Å². The van der Waals surface area contributed by atoms with Gasteiger partial charge in [0.25, 0.3) is 0 Å². The molecule has 21 heavy (non-hydrogen) atoms. The fraction of sp³-hybridized carbons (Fsp3) is 0.562. The minimum absolute atomic E-state index is 0.245. The summed E-state index contributed by atoms with van der Waals surface area (Å²) in [4.78, 5) is 6.83. The van der Waals surface area contributed by atoms with Crippen molar-refractivity contribution in [2.45, 2.75) is 32.9 Å². The highest BCUT2D eigenvalue weighted by molar-refractivity contribution is 5.76. The molecule has 2 aromatic rings. The summed E-state index contributed by atoms with van der Waals surface area (Å²) >= 11 is 0. The van der Waals surface area contributed by atoms with Crippen LogP contribution in [0.2, 0.25) is 0 Å². The fourth-order valence-electron chi connectivity index (χ4n) is 3.28. The van der Waals surface area contributed by atoms with E-state index >= 15 is 0 Å². The number of likely N-dealkylation sites (tertiary alicyclic amines) is 1. The van der Waals surface area contributed by atoms with E-state index in [4.69, 9.17) is 0 Å². The van der Waals surface area contributed by atoms with E-state index in [1.54, 1.807) is 6.07 Å². The van der Waals surface area contributed by atoms with E-state index in [1.165, 1.54) is 6.07 Å². The summed E-state index contributed by atoms with van der Waals surface area (Å²) in [7, 11) is 0. The molecule has 1 fully saturated rings. The van der Waals surface area contributed by atoms with Gasteiger partial charge in [0.2, 0.25) is 0 Å². The van der Waals surface area contributed by atoms with Gasteiger partial charge in [0.15, 0.2) is 5.82 Å². The topological polar surface area (TPSA) is 41.3 Å². The molecule has 1 N–H and O–H groups in total. The number of piperidine rings is 1. The minimum atomic E-state index is -0.257. The maximum Gasteiger partial charge on any atom is 0.151 e. The van der Waals surface area contributed by atoms with Crippen LogP contribution < -0.4 is 0 Å². The standard InChI is InChI=1S/C16H22FN3O/c1-2-20-14-7-3-6-13(17)16(14)18-15(20)10-19-8-4-5-12(9-19)11-21/h3,6-7,12,21H,2,4-5,8-11H2,1H3. The van der Waals surface area contributed by atoms with Crippen molar-refractivity contribution in [2.75, 3.05) is 19.7 Å². The van der Waals surface area contributed by atoms with E-state index in [1.807, 2.05) is 6.07 Å². The maximum absolute atomic E-state index is 13.9. The largest absolute Gasteiger partial charge is 0.396 e. The van der Waals surface area contributed by atoms with Crippen LogP contribution in [0.4, 0.5) is 4.39 Å². The van der Waals surface area contributed by atoms with Crippen LogP contribution in [0.5, 0.6) is 0 Å². The van der Waals surface area contributed by atoms with Gasteiger partial charge in [-0.3, -0.25) is 4.90 Å². The molecule has 0 bridgehead atoms. The minimum Gasteiger partial charge on any atom is -0.396 e. The Bertz CT molecular complexity index is 625. The Hall–Kier alpha value is -1.46. The number of hydrogen-bond acceptors (Lipinski definition) is 3. The van der Waals surface area contributed by atoms with Gasteiger partial charge in [-0.05, 0) is 44.4 Å². The Morgan fingerprint density at radius 2 is 2.29 bits per heavy atom. The first-order chi connectivity index (χ1) is 10.2. The number of aryl methyl sites for hydroxylation is 1. The Balaban J connectivity index is 1.88. The molecular formula is C16H22FN3O. The zero-order valence-electron chi connectivity index (χ0n) is 12.4. The Morgan fingerprint density at radius 1 is 1.43 bits per heavy atom. The maximum atomic E-state index is 13.9. The molecule has 1 aliphatic heterocycles. The highest BCUT2D eigenvalue weighted by atomic mass is 19.1. The van der Waals surface area contributed by atoms with Crippen molar-refractivity contribution >= 4 is 11.0 Å². The van der Waals surface area contributed by atoms with Crippen LogP contribution >= 0.6 is 0 Å². The number of aromatic nitrogens is 2. The van der Waals surface area contributed by atoms with Crippen LogP contribution in [0.25, 0.3) is 11.0 Å². The Labute approximate surface area is 124 Å².